The van der Waals surface area contributed by atoms with Gasteiger partial charge in [0.1, 0.15) is 5.54 Å². The molecule has 2 fully saturated rings. The van der Waals surface area contributed by atoms with E-state index in [9.17, 15) is 4.79 Å². The fourth-order valence-corrected chi connectivity index (χ4v) is 2.64. The molecule has 100 valence electrons. The van der Waals surface area contributed by atoms with Gasteiger partial charge < -0.3 is 4.90 Å². The quantitative estimate of drug-likeness (QED) is 0.761. The van der Waals surface area contributed by atoms with Crippen LogP contribution < -0.4 is 0 Å². The normalized spacial score (nSPS) is 23.6. The van der Waals surface area contributed by atoms with Crippen LogP contribution in [0.1, 0.15) is 33.6 Å². The average Bonchev–Trinajstić information content (AvgIpc) is 3.21. The molecule has 2 aliphatic rings. The van der Waals surface area contributed by atoms with E-state index < -0.39 is 5.54 Å². The summed E-state index contributed by atoms with van der Waals surface area (Å²) in [6.45, 7) is 9.09. The number of carbonyl (C=O) groups is 1. The Kier molecular flexibility index (Phi) is 3.63. The number of amides is 1. The van der Waals surface area contributed by atoms with Crippen molar-refractivity contribution >= 4 is 5.91 Å². The van der Waals surface area contributed by atoms with Gasteiger partial charge in [-0.3, -0.25) is 9.69 Å². The van der Waals surface area contributed by atoms with Crippen LogP contribution in [0.5, 0.6) is 0 Å². The largest absolute Gasteiger partial charge is 0.340 e. The Labute approximate surface area is 110 Å². The van der Waals surface area contributed by atoms with Crippen molar-refractivity contribution in [2.45, 2.75) is 39.2 Å². The van der Waals surface area contributed by atoms with Crippen LogP contribution in [0, 0.1) is 23.2 Å². The lowest BCUT2D eigenvalue weighted by molar-refractivity contribution is -0.138. The topological polar surface area (TPSA) is 47.3 Å². The molecule has 1 unspecified atom stereocenters. The Morgan fingerprint density at radius 3 is 2.28 bits per heavy atom. The molecule has 1 amide bonds. The molecule has 1 saturated carbocycles. The van der Waals surface area contributed by atoms with Crippen molar-refractivity contribution in [3.8, 4) is 6.07 Å². The summed E-state index contributed by atoms with van der Waals surface area (Å²) in [5, 5.41) is 9.12. The van der Waals surface area contributed by atoms with Crippen molar-refractivity contribution in [3.05, 3.63) is 0 Å². The first kappa shape index (κ1) is 13.4. The van der Waals surface area contributed by atoms with E-state index in [1.165, 1.54) is 12.8 Å². The maximum Gasteiger partial charge on any atom is 0.225 e. The number of nitrogens with zero attached hydrogens (tertiary/aromatic N) is 3. The van der Waals surface area contributed by atoms with Gasteiger partial charge in [0, 0.05) is 32.1 Å². The van der Waals surface area contributed by atoms with Gasteiger partial charge in [0.25, 0.3) is 0 Å². The first-order chi connectivity index (χ1) is 8.45. The predicted octanol–water partition coefficient (Wildman–Crippen LogP) is 1.48. The zero-order valence-corrected chi connectivity index (χ0v) is 11.6. The molecular weight excluding hydrogens is 226 g/mol. The van der Waals surface area contributed by atoms with Crippen LogP contribution in [0.4, 0.5) is 0 Å². The van der Waals surface area contributed by atoms with E-state index in [1.54, 1.807) is 0 Å². The molecule has 0 aromatic rings. The fourth-order valence-electron chi connectivity index (χ4n) is 2.64. The minimum Gasteiger partial charge on any atom is -0.340 e. The third-order valence-corrected chi connectivity index (χ3v) is 4.37. The van der Waals surface area contributed by atoms with Gasteiger partial charge in [0.2, 0.25) is 5.91 Å². The van der Waals surface area contributed by atoms with E-state index in [2.05, 4.69) is 17.9 Å². The molecule has 1 saturated heterocycles. The maximum atomic E-state index is 12.2. The second-order valence-electron chi connectivity index (χ2n) is 6.11. The summed E-state index contributed by atoms with van der Waals surface area (Å²) >= 11 is 0. The number of piperazine rings is 1. The van der Waals surface area contributed by atoms with E-state index in [1.807, 2.05) is 18.7 Å². The van der Waals surface area contributed by atoms with E-state index >= 15 is 0 Å². The van der Waals surface area contributed by atoms with Crippen LogP contribution in [0.15, 0.2) is 0 Å². The molecule has 1 heterocycles. The predicted molar refractivity (Wildman–Crippen MR) is 69.7 cm³/mol. The Bertz CT molecular complexity index is 360. The van der Waals surface area contributed by atoms with Crippen LogP contribution in [-0.2, 0) is 4.79 Å². The van der Waals surface area contributed by atoms with Gasteiger partial charge in [-0.2, -0.15) is 5.26 Å². The third kappa shape index (κ3) is 2.67. The van der Waals surface area contributed by atoms with Gasteiger partial charge in [0.05, 0.1) is 6.07 Å². The molecule has 18 heavy (non-hydrogen) atoms. The van der Waals surface area contributed by atoms with Crippen LogP contribution >= 0.6 is 0 Å². The van der Waals surface area contributed by atoms with Crippen molar-refractivity contribution in [2.24, 2.45) is 11.8 Å². The van der Waals surface area contributed by atoms with Gasteiger partial charge in [-0.25, -0.2) is 0 Å². The summed E-state index contributed by atoms with van der Waals surface area (Å²) in [6.07, 6.45) is 2.43. The summed E-state index contributed by atoms with van der Waals surface area (Å²) in [7, 11) is 0. The Balaban J connectivity index is 1.87. The van der Waals surface area contributed by atoms with Crippen molar-refractivity contribution in [1.82, 2.24) is 9.80 Å². The van der Waals surface area contributed by atoms with Gasteiger partial charge >= 0.3 is 0 Å². The Morgan fingerprint density at radius 2 is 1.83 bits per heavy atom. The zero-order chi connectivity index (χ0) is 13.3. The third-order valence-electron chi connectivity index (χ3n) is 4.37. The number of nitriles is 1. The van der Waals surface area contributed by atoms with Gasteiger partial charge in [-0.05, 0) is 32.6 Å². The molecule has 0 aromatic carbocycles. The summed E-state index contributed by atoms with van der Waals surface area (Å²) < 4.78 is 0. The summed E-state index contributed by atoms with van der Waals surface area (Å²) in [5.74, 6) is 1.14. The van der Waals surface area contributed by atoms with Gasteiger partial charge in [-0.1, -0.05) is 6.92 Å². The van der Waals surface area contributed by atoms with Crippen molar-refractivity contribution in [3.63, 3.8) is 0 Å². The monoisotopic (exact) mass is 249 g/mol. The molecule has 1 aliphatic carbocycles. The van der Waals surface area contributed by atoms with Crippen LogP contribution in [-0.4, -0.2) is 47.4 Å². The van der Waals surface area contributed by atoms with Crippen molar-refractivity contribution in [1.29, 1.82) is 5.26 Å². The highest BCUT2D eigenvalue weighted by Crippen LogP contribution is 2.37. The summed E-state index contributed by atoms with van der Waals surface area (Å²) in [4.78, 5) is 16.4. The summed E-state index contributed by atoms with van der Waals surface area (Å²) in [5.41, 5.74) is -0.419. The van der Waals surface area contributed by atoms with E-state index in [4.69, 9.17) is 5.26 Å². The molecular formula is C14H23N3O. The Hall–Kier alpha value is -1.08. The number of carbonyl (C=O) groups excluding carboxylic acids is 1. The molecule has 4 heteroatoms. The molecule has 2 rings (SSSR count). The van der Waals surface area contributed by atoms with Gasteiger partial charge in [-0.15, -0.1) is 0 Å². The Morgan fingerprint density at radius 1 is 1.28 bits per heavy atom. The molecule has 1 aliphatic heterocycles. The first-order valence-corrected chi connectivity index (χ1v) is 6.91. The highest BCUT2D eigenvalue weighted by atomic mass is 16.2. The molecule has 0 bridgehead atoms. The van der Waals surface area contributed by atoms with Crippen molar-refractivity contribution < 1.29 is 4.79 Å². The van der Waals surface area contributed by atoms with Crippen LogP contribution in [0.3, 0.4) is 0 Å². The molecule has 0 aromatic heterocycles. The van der Waals surface area contributed by atoms with E-state index in [-0.39, 0.29) is 5.92 Å². The molecule has 0 spiro atoms. The van der Waals surface area contributed by atoms with E-state index in [0.29, 0.717) is 11.8 Å². The molecule has 1 atom stereocenters. The lowest BCUT2D eigenvalue weighted by Crippen LogP contribution is -2.56. The highest BCUT2D eigenvalue weighted by Gasteiger charge is 2.37. The standard InChI is InChI=1S/C14H23N3O/c1-11(12-4-5-12)13(18)16-6-8-17(9-7-16)14(2,3)10-15/h11-12H,4-9H2,1-3H3. The SMILES string of the molecule is CC(C(=O)N1CCN(C(C)(C)C#N)CC1)C1CC1. The minimum absolute atomic E-state index is 0.195. The van der Waals surface area contributed by atoms with Crippen LogP contribution in [0.25, 0.3) is 0 Å². The lowest BCUT2D eigenvalue weighted by Gasteiger charge is -2.41. The lowest BCUT2D eigenvalue weighted by atomic mass is 10.0. The first-order valence-electron chi connectivity index (χ1n) is 6.91. The minimum atomic E-state index is -0.419. The second kappa shape index (κ2) is 4.89. The fraction of sp³-hybridized carbons (Fsp3) is 0.857. The maximum absolute atomic E-state index is 12.2. The second-order valence-corrected chi connectivity index (χ2v) is 6.11. The smallest absolute Gasteiger partial charge is 0.225 e. The zero-order valence-electron chi connectivity index (χ0n) is 11.6. The highest BCUT2D eigenvalue weighted by molar-refractivity contribution is 5.79. The van der Waals surface area contributed by atoms with E-state index in [0.717, 1.165) is 26.2 Å². The summed E-state index contributed by atoms with van der Waals surface area (Å²) in [6, 6.07) is 2.33. The molecule has 4 nitrogen and oxygen atoms in total. The molecule has 0 N–H and O–H groups in total. The average molecular weight is 249 g/mol. The van der Waals surface area contributed by atoms with Crippen molar-refractivity contribution in [2.75, 3.05) is 26.2 Å². The number of hydrogen-bond donors (Lipinski definition) is 0. The van der Waals surface area contributed by atoms with Crippen LogP contribution in [0.2, 0.25) is 0 Å². The number of rotatable bonds is 3. The number of hydrogen-bond acceptors (Lipinski definition) is 3. The molecule has 0 radical (unpaired) electrons. The van der Waals surface area contributed by atoms with Gasteiger partial charge in [0.15, 0.2) is 0 Å².